The van der Waals surface area contributed by atoms with Gasteiger partial charge in [-0.25, -0.2) is 4.39 Å². The molecule has 1 fully saturated rings. The third-order valence-electron chi connectivity index (χ3n) is 4.18. The highest BCUT2D eigenvalue weighted by Crippen LogP contribution is 2.43. The standard InChI is InChI=1S/C16H24FNS/c1-16(2,3)11-8-9-13(18)15(10-11)19-14-7-5-4-6-12(14)17/h4-7,11,13,15H,8-10,18H2,1-3H3. The molecule has 0 heterocycles. The smallest absolute Gasteiger partial charge is 0.136 e. The van der Waals surface area contributed by atoms with Gasteiger partial charge in [0.15, 0.2) is 0 Å². The summed E-state index contributed by atoms with van der Waals surface area (Å²) in [6.45, 7) is 6.87. The number of nitrogens with two attached hydrogens (primary N) is 1. The maximum Gasteiger partial charge on any atom is 0.136 e. The normalized spacial score (nSPS) is 28.4. The first-order valence-electron chi connectivity index (χ1n) is 7.04. The Morgan fingerprint density at radius 3 is 2.53 bits per heavy atom. The molecule has 1 aromatic carbocycles. The van der Waals surface area contributed by atoms with E-state index in [2.05, 4.69) is 20.8 Å². The number of hydrogen-bond donors (Lipinski definition) is 1. The van der Waals surface area contributed by atoms with Crippen LogP contribution >= 0.6 is 11.8 Å². The van der Waals surface area contributed by atoms with Crippen LogP contribution in [0.2, 0.25) is 0 Å². The van der Waals surface area contributed by atoms with Crippen LogP contribution in [0.5, 0.6) is 0 Å². The van der Waals surface area contributed by atoms with E-state index >= 15 is 0 Å². The first-order chi connectivity index (χ1) is 8.88. The van der Waals surface area contributed by atoms with Crippen LogP contribution in [0.4, 0.5) is 4.39 Å². The zero-order chi connectivity index (χ0) is 14.0. The highest BCUT2D eigenvalue weighted by Gasteiger charge is 2.35. The second-order valence-electron chi connectivity index (χ2n) is 6.63. The van der Waals surface area contributed by atoms with Gasteiger partial charge in [-0.3, -0.25) is 0 Å². The van der Waals surface area contributed by atoms with E-state index < -0.39 is 0 Å². The fourth-order valence-electron chi connectivity index (χ4n) is 2.78. The highest BCUT2D eigenvalue weighted by molar-refractivity contribution is 8.00. The minimum absolute atomic E-state index is 0.127. The van der Waals surface area contributed by atoms with E-state index in [0.717, 1.165) is 17.7 Å². The predicted molar refractivity (Wildman–Crippen MR) is 80.8 cm³/mol. The summed E-state index contributed by atoms with van der Waals surface area (Å²) in [7, 11) is 0. The molecule has 1 aromatic rings. The maximum atomic E-state index is 13.7. The molecule has 19 heavy (non-hydrogen) atoms. The number of rotatable bonds is 2. The van der Waals surface area contributed by atoms with Crippen molar-refractivity contribution in [3.63, 3.8) is 0 Å². The van der Waals surface area contributed by atoms with E-state index in [4.69, 9.17) is 5.73 Å². The van der Waals surface area contributed by atoms with Gasteiger partial charge < -0.3 is 5.73 Å². The molecule has 1 saturated carbocycles. The van der Waals surface area contributed by atoms with Gasteiger partial charge in [-0.2, -0.15) is 0 Å². The summed E-state index contributed by atoms with van der Waals surface area (Å²) in [6.07, 6.45) is 3.33. The second-order valence-corrected chi connectivity index (χ2v) is 7.91. The summed E-state index contributed by atoms with van der Waals surface area (Å²) < 4.78 is 13.7. The van der Waals surface area contributed by atoms with Crippen molar-refractivity contribution >= 4 is 11.8 Å². The minimum Gasteiger partial charge on any atom is -0.327 e. The van der Waals surface area contributed by atoms with Gasteiger partial charge in [0.25, 0.3) is 0 Å². The molecule has 1 aliphatic carbocycles. The highest BCUT2D eigenvalue weighted by atomic mass is 32.2. The van der Waals surface area contributed by atoms with Gasteiger partial charge in [-0.1, -0.05) is 32.9 Å². The summed E-state index contributed by atoms with van der Waals surface area (Å²) in [5.41, 5.74) is 6.55. The molecule has 0 amide bonds. The first-order valence-corrected chi connectivity index (χ1v) is 7.92. The molecule has 106 valence electrons. The lowest BCUT2D eigenvalue weighted by atomic mass is 9.71. The topological polar surface area (TPSA) is 26.0 Å². The molecule has 2 N–H and O–H groups in total. The van der Waals surface area contributed by atoms with Gasteiger partial charge in [0.1, 0.15) is 5.82 Å². The van der Waals surface area contributed by atoms with E-state index in [1.54, 1.807) is 17.8 Å². The molecule has 3 unspecified atom stereocenters. The number of benzene rings is 1. The quantitative estimate of drug-likeness (QED) is 0.866. The average Bonchev–Trinajstić information content (AvgIpc) is 2.33. The molecular formula is C16H24FNS. The molecule has 0 bridgehead atoms. The Bertz CT molecular complexity index is 427. The molecule has 0 saturated heterocycles. The van der Waals surface area contributed by atoms with Gasteiger partial charge >= 0.3 is 0 Å². The SMILES string of the molecule is CC(C)(C)C1CCC(N)C(Sc2ccccc2F)C1. The molecule has 3 heteroatoms. The summed E-state index contributed by atoms with van der Waals surface area (Å²) in [6, 6.07) is 7.19. The van der Waals surface area contributed by atoms with Crippen molar-refractivity contribution in [2.45, 2.75) is 56.2 Å². The van der Waals surface area contributed by atoms with Gasteiger partial charge in [-0.05, 0) is 42.7 Å². The van der Waals surface area contributed by atoms with Crippen LogP contribution in [0.25, 0.3) is 0 Å². The molecule has 1 nitrogen and oxygen atoms in total. The van der Waals surface area contributed by atoms with Crippen molar-refractivity contribution in [2.75, 3.05) is 0 Å². The molecule has 0 aromatic heterocycles. The van der Waals surface area contributed by atoms with Crippen LogP contribution in [-0.2, 0) is 0 Å². The predicted octanol–water partition coefficient (Wildman–Crippen LogP) is 4.46. The average molecular weight is 281 g/mol. The number of hydrogen-bond acceptors (Lipinski definition) is 2. The van der Waals surface area contributed by atoms with E-state index in [1.165, 1.54) is 12.5 Å². The molecule has 2 rings (SSSR count). The Kier molecular flexibility index (Phi) is 4.57. The van der Waals surface area contributed by atoms with Crippen LogP contribution in [0.3, 0.4) is 0 Å². The number of thioether (sulfide) groups is 1. The van der Waals surface area contributed by atoms with Gasteiger partial charge in [0.2, 0.25) is 0 Å². The van der Waals surface area contributed by atoms with Gasteiger partial charge in [0.05, 0.1) is 0 Å². The Balaban J connectivity index is 2.08. The van der Waals surface area contributed by atoms with Crippen molar-refractivity contribution in [1.29, 1.82) is 0 Å². The van der Waals surface area contributed by atoms with Crippen LogP contribution in [0.15, 0.2) is 29.2 Å². The zero-order valence-electron chi connectivity index (χ0n) is 12.0. The minimum atomic E-state index is -0.127. The Morgan fingerprint density at radius 1 is 1.21 bits per heavy atom. The van der Waals surface area contributed by atoms with Crippen LogP contribution in [0, 0.1) is 17.2 Å². The number of halogens is 1. The molecule has 0 spiro atoms. The summed E-state index contributed by atoms with van der Waals surface area (Å²) in [5.74, 6) is 0.550. The molecule has 3 atom stereocenters. The fraction of sp³-hybridized carbons (Fsp3) is 0.625. The van der Waals surface area contributed by atoms with E-state index in [0.29, 0.717) is 16.6 Å². The van der Waals surface area contributed by atoms with Crippen LogP contribution in [0.1, 0.15) is 40.0 Å². The zero-order valence-corrected chi connectivity index (χ0v) is 12.8. The van der Waals surface area contributed by atoms with Crippen molar-refractivity contribution in [2.24, 2.45) is 17.1 Å². The lowest BCUT2D eigenvalue weighted by Crippen LogP contribution is -2.41. The van der Waals surface area contributed by atoms with E-state index in [9.17, 15) is 4.39 Å². The molecular weight excluding hydrogens is 257 g/mol. The lowest BCUT2D eigenvalue weighted by Gasteiger charge is -2.40. The summed E-state index contributed by atoms with van der Waals surface area (Å²) >= 11 is 1.62. The fourth-order valence-corrected chi connectivity index (χ4v) is 4.08. The Hall–Kier alpha value is -0.540. The largest absolute Gasteiger partial charge is 0.327 e. The van der Waals surface area contributed by atoms with Crippen LogP contribution < -0.4 is 5.73 Å². The van der Waals surface area contributed by atoms with E-state index in [-0.39, 0.29) is 11.9 Å². The first kappa shape index (κ1) is 14.9. The van der Waals surface area contributed by atoms with E-state index in [1.807, 2.05) is 12.1 Å². The van der Waals surface area contributed by atoms with Crippen molar-refractivity contribution in [1.82, 2.24) is 0 Å². The van der Waals surface area contributed by atoms with Crippen molar-refractivity contribution < 1.29 is 4.39 Å². The summed E-state index contributed by atoms with van der Waals surface area (Å²) in [5, 5.41) is 0.329. The second kappa shape index (κ2) is 5.84. The Morgan fingerprint density at radius 2 is 1.89 bits per heavy atom. The molecule has 0 aliphatic heterocycles. The monoisotopic (exact) mass is 281 g/mol. The third-order valence-corrected chi connectivity index (χ3v) is 5.61. The molecule has 1 aliphatic rings. The van der Waals surface area contributed by atoms with Gasteiger partial charge in [0, 0.05) is 16.2 Å². The molecule has 0 radical (unpaired) electrons. The van der Waals surface area contributed by atoms with Gasteiger partial charge in [-0.15, -0.1) is 11.8 Å². The lowest BCUT2D eigenvalue weighted by molar-refractivity contribution is 0.174. The third kappa shape index (κ3) is 3.73. The van der Waals surface area contributed by atoms with Crippen molar-refractivity contribution in [3.05, 3.63) is 30.1 Å². The maximum absolute atomic E-state index is 13.7. The van der Waals surface area contributed by atoms with Crippen molar-refractivity contribution in [3.8, 4) is 0 Å². The van der Waals surface area contributed by atoms with Crippen LogP contribution in [-0.4, -0.2) is 11.3 Å². The summed E-state index contributed by atoms with van der Waals surface area (Å²) in [4.78, 5) is 0.734. The Labute approximate surface area is 120 Å².